The zero-order valence-corrected chi connectivity index (χ0v) is 29.6. The fraction of sp³-hybridized carbons (Fsp3) is 0.900. The molecule has 0 radical (unpaired) electrons. The maximum Gasteiger partial charge on any atom is 0.232 e. The summed E-state index contributed by atoms with van der Waals surface area (Å²) in [6, 6.07) is 0. The molecule has 262 valence electrons. The third-order valence-electron chi connectivity index (χ3n) is 14.9. The Hall–Kier alpha value is -1.60. The molecule has 7 aliphatic rings. The highest BCUT2D eigenvalue weighted by atomic mass is 16.5. The van der Waals surface area contributed by atoms with Gasteiger partial charge in [-0.05, 0) is 132 Å². The largest absolute Gasteiger partial charge is 0.375 e. The van der Waals surface area contributed by atoms with Crippen molar-refractivity contribution >= 4 is 23.4 Å². The summed E-state index contributed by atoms with van der Waals surface area (Å²) in [5, 5.41) is 0. The predicted molar refractivity (Wildman–Crippen MR) is 179 cm³/mol. The van der Waals surface area contributed by atoms with E-state index in [2.05, 4.69) is 20.8 Å². The third-order valence-corrected chi connectivity index (χ3v) is 14.9. The zero-order valence-electron chi connectivity index (χ0n) is 29.6. The fourth-order valence-corrected chi connectivity index (χ4v) is 12.0. The number of hydrogen-bond donors (Lipinski definition) is 0. The Bertz CT molecular complexity index is 1200. The molecule has 0 N–H and O–H groups in total. The topological polar surface area (TPSA) is 90.0 Å². The van der Waals surface area contributed by atoms with Crippen LogP contribution in [0.5, 0.6) is 0 Å². The molecule has 7 heteroatoms. The van der Waals surface area contributed by atoms with Crippen LogP contribution in [-0.4, -0.2) is 59.7 Å². The Labute approximate surface area is 283 Å². The minimum atomic E-state index is -0.322. The molecule has 7 fully saturated rings. The second kappa shape index (κ2) is 13.6. The molecule has 47 heavy (non-hydrogen) atoms. The zero-order chi connectivity index (χ0) is 33.0. The summed E-state index contributed by atoms with van der Waals surface area (Å²) in [5.74, 6) is 2.10. The van der Waals surface area contributed by atoms with Crippen molar-refractivity contribution in [2.75, 3.05) is 7.05 Å². The summed E-state index contributed by atoms with van der Waals surface area (Å²) < 4.78 is 13.3. The van der Waals surface area contributed by atoms with Crippen molar-refractivity contribution in [3.63, 3.8) is 0 Å². The van der Waals surface area contributed by atoms with E-state index in [0.29, 0.717) is 24.2 Å². The van der Waals surface area contributed by atoms with Crippen molar-refractivity contribution in [1.29, 1.82) is 0 Å². The molecule has 0 aromatic rings. The standard InChI is InChI=1S/C40H61NO6/c1-23-6-5-7-24(20-23)35-36(42)31-18-16-29(21-33(31)37(35)43)46-27-12-8-25(9-13-27)40(2,3)26-10-14-28(15-11-26)47-30-17-19-32-34(22-30)39(45)41(4)38(32)44/h23-35H,5-22H2,1-4H3. The van der Waals surface area contributed by atoms with Crippen molar-refractivity contribution in [2.24, 2.45) is 58.7 Å². The maximum absolute atomic E-state index is 13.6. The van der Waals surface area contributed by atoms with Gasteiger partial charge in [-0.3, -0.25) is 24.1 Å². The number of likely N-dealkylation sites (tertiary alicyclic amines) is 1. The number of ketones is 2. The molecule has 7 rings (SSSR count). The lowest BCUT2D eigenvalue weighted by molar-refractivity contribution is -0.138. The molecule has 0 aromatic heterocycles. The number of amides is 2. The van der Waals surface area contributed by atoms with Crippen LogP contribution in [0.3, 0.4) is 0 Å². The Morgan fingerprint density at radius 2 is 1.04 bits per heavy atom. The first-order valence-electron chi connectivity index (χ1n) is 19.7. The number of ether oxygens (including phenoxy) is 2. The first-order valence-corrected chi connectivity index (χ1v) is 19.7. The van der Waals surface area contributed by atoms with E-state index in [0.717, 1.165) is 77.0 Å². The van der Waals surface area contributed by atoms with E-state index in [9.17, 15) is 19.2 Å². The van der Waals surface area contributed by atoms with Gasteiger partial charge in [0.15, 0.2) is 0 Å². The van der Waals surface area contributed by atoms with Gasteiger partial charge in [-0.1, -0.05) is 33.6 Å². The molecule has 1 saturated heterocycles. The lowest BCUT2D eigenvalue weighted by atomic mass is 9.60. The maximum atomic E-state index is 13.6. The molecule has 7 nitrogen and oxygen atoms in total. The van der Waals surface area contributed by atoms with E-state index in [4.69, 9.17) is 9.47 Å². The second-order valence-electron chi connectivity index (χ2n) is 17.9. The van der Waals surface area contributed by atoms with Crippen LogP contribution < -0.4 is 0 Å². The summed E-state index contributed by atoms with van der Waals surface area (Å²) in [5.41, 5.74) is 0.287. The Balaban J connectivity index is 0.844. The average molecular weight is 652 g/mol. The average Bonchev–Trinajstić information content (AvgIpc) is 3.44. The summed E-state index contributed by atoms with van der Waals surface area (Å²) in [6.07, 6.45) is 19.4. The van der Waals surface area contributed by atoms with Gasteiger partial charge in [0.25, 0.3) is 0 Å². The Morgan fingerprint density at radius 1 is 0.553 bits per heavy atom. The molecule has 0 spiro atoms. The number of hydrogen-bond acceptors (Lipinski definition) is 6. The van der Waals surface area contributed by atoms with E-state index in [1.165, 1.54) is 37.0 Å². The molecule has 1 heterocycles. The van der Waals surface area contributed by atoms with Gasteiger partial charge >= 0.3 is 0 Å². The van der Waals surface area contributed by atoms with Gasteiger partial charge in [-0.2, -0.15) is 0 Å². The van der Waals surface area contributed by atoms with Crippen molar-refractivity contribution in [3.05, 3.63) is 0 Å². The molecule has 6 aliphatic carbocycles. The summed E-state index contributed by atoms with van der Waals surface area (Å²) in [6.45, 7) is 7.28. The van der Waals surface area contributed by atoms with Crippen molar-refractivity contribution < 1.29 is 28.7 Å². The van der Waals surface area contributed by atoms with Crippen molar-refractivity contribution in [1.82, 2.24) is 4.90 Å². The molecular weight excluding hydrogens is 590 g/mol. The van der Waals surface area contributed by atoms with Crippen LogP contribution in [0.1, 0.15) is 136 Å². The van der Waals surface area contributed by atoms with Crippen LogP contribution in [-0.2, 0) is 28.7 Å². The molecule has 0 bridgehead atoms. The lowest BCUT2D eigenvalue weighted by Crippen LogP contribution is -2.41. The number of carbonyl (C=O) groups is 4. The van der Waals surface area contributed by atoms with E-state index in [-0.39, 0.29) is 88.7 Å². The molecule has 2 amide bonds. The minimum Gasteiger partial charge on any atom is -0.375 e. The van der Waals surface area contributed by atoms with Crippen molar-refractivity contribution in [2.45, 2.75) is 161 Å². The SMILES string of the molecule is CC1CCCC(C2C(=O)C3CCC(OC4CCC(C(C)(C)C5CCC(OC6CCC7C(=O)N(C)C(=O)C7C6)CC5)CC4)CC3C2=O)C1. The number of rotatable bonds is 7. The smallest absolute Gasteiger partial charge is 0.232 e. The van der Waals surface area contributed by atoms with Gasteiger partial charge in [0.2, 0.25) is 11.8 Å². The monoisotopic (exact) mass is 651 g/mol. The first-order chi connectivity index (χ1) is 22.5. The van der Waals surface area contributed by atoms with Gasteiger partial charge in [0.05, 0.1) is 42.2 Å². The van der Waals surface area contributed by atoms with Crippen LogP contribution in [0.2, 0.25) is 0 Å². The van der Waals surface area contributed by atoms with Crippen LogP contribution in [0, 0.1) is 58.7 Å². The van der Waals surface area contributed by atoms with Crippen molar-refractivity contribution in [3.8, 4) is 0 Å². The quantitative estimate of drug-likeness (QED) is 0.212. The summed E-state index contributed by atoms with van der Waals surface area (Å²) in [7, 11) is 1.63. The summed E-state index contributed by atoms with van der Waals surface area (Å²) >= 11 is 0. The van der Waals surface area contributed by atoms with E-state index >= 15 is 0 Å². The molecule has 9 atom stereocenters. The van der Waals surface area contributed by atoms with E-state index in [1.54, 1.807) is 7.05 Å². The van der Waals surface area contributed by atoms with Gasteiger partial charge < -0.3 is 9.47 Å². The van der Waals surface area contributed by atoms with Gasteiger partial charge in [0, 0.05) is 18.9 Å². The third kappa shape index (κ3) is 6.55. The molecule has 9 unspecified atom stereocenters. The lowest BCUT2D eigenvalue weighted by Gasteiger charge is -2.47. The van der Waals surface area contributed by atoms with Gasteiger partial charge in [-0.25, -0.2) is 0 Å². The van der Waals surface area contributed by atoms with E-state index in [1.807, 2.05) is 0 Å². The first kappa shape index (κ1) is 33.9. The van der Waals surface area contributed by atoms with Gasteiger partial charge in [0.1, 0.15) is 11.6 Å². The fourth-order valence-electron chi connectivity index (χ4n) is 12.0. The summed E-state index contributed by atoms with van der Waals surface area (Å²) in [4.78, 5) is 53.2. The molecule has 1 aliphatic heterocycles. The molecule has 6 saturated carbocycles. The number of nitrogens with zero attached hydrogens (tertiary/aromatic N) is 1. The second-order valence-corrected chi connectivity index (χ2v) is 17.9. The number of carbonyl (C=O) groups excluding carboxylic acids is 4. The number of imide groups is 1. The number of Topliss-reactive ketones (excluding diaryl/α,β-unsaturated/α-hetero) is 2. The van der Waals surface area contributed by atoms with Gasteiger partial charge in [-0.15, -0.1) is 0 Å². The highest BCUT2D eigenvalue weighted by molar-refractivity contribution is 6.11. The van der Waals surface area contributed by atoms with Crippen LogP contribution in [0.4, 0.5) is 0 Å². The normalized spacial score (nSPS) is 44.9. The van der Waals surface area contributed by atoms with Crippen LogP contribution in [0.15, 0.2) is 0 Å². The van der Waals surface area contributed by atoms with E-state index < -0.39 is 0 Å². The highest BCUT2D eigenvalue weighted by Gasteiger charge is 2.54. The Morgan fingerprint density at radius 3 is 1.62 bits per heavy atom. The highest BCUT2D eigenvalue weighted by Crippen LogP contribution is 2.51. The van der Waals surface area contributed by atoms with Crippen LogP contribution >= 0.6 is 0 Å². The molecule has 0 aromatic carbocycles. The predicted octanol–water partition coefficient (Wildman–Crippen LogP) is 7.33. The van der Waals surface area contributed by atoms with Crippen LogP contribution in [0.25, 0.3) is 0 Å². The Kier molecular flexibility index (Phi) is 9.81. The number of fused-ring (bicyclic) bond motifs is 2. The minimum absolute atomic E-state index is 0.00430. The molecular formula is C40H61NO6.